The van der Waals surface area contributed by atoms with Gasteiger partial charge in [0.1, 0.15) is 6.17 Å². The zero-order valence-electron chi connectivity index (χ0n) is 9.06. The zero-order valence-corrected chi connectivity index (χ0v) is 9.06. The van der Waals surface area contributed by atoms with E-state index in [1.165, 1.54) is 0 Å². The van der Waals surface area contributed by atoms with Crippen molar-refractivity contribution in [3.8, 4) is 0 Å². The van der Waals surface area contributed by atoms with E-state index in [0.717, 1.165) is 18.0 Å². The van der Waals surface area contributed by atoms with Gasteiger partial charge in [0.25, 0.3) is 0 Å². The number of ether oxygens (including phenoxy) is 1. The molecule has 2 atom stereocenters. The maximum absolute atomic E-state index is 13.6. The Balaban J connectivity index is 1.72. The number of carboxylic acid groups (broad SMARTS) is 1. The minimum absolute atomic E-state index is 0.0666. The Morgan fingerprint density at radius 2 is 2.31 bits per heavy atom. The number of hydrogen-bond donors (Lipinski definition) is 2. The summed E-state index contributed by atoms with van der Waals surface area (Å²) in [6.07, 6.45) is -2.23. The van der Waals surface area contributed by atoms with Crippen LogP contribution in [0.1, 0.15) is 6.42 Å². The Labute approximate surface area is 93.6 Å². The molecule has 1 amide bonds. The number of nitrogens with zero attached hydrogens (tertiary/aromatic N) is 1. The second-order valence-electron chi connectivity index (χ2n) is 4.43. The number of carbonyl (C=O) groups is 1. The van der Waals surface area contributed by atoms with Crippen LogP contribution in [0.2, 0.25) is 0 Å². The first-order valence-electron chi connectivity index (χ1n) is 5.61. The molecule has 2 aliphatic rings. The lowest BCUT2D eigenvalue weighted by molar-refractivity contribution is -0.0578. The summed E-state index contributed by atoms with van der Waals surface area (Å²) in [5.41, 5.74) is 0. The quantitative estimate of drug-likeness (QED) is 0.735. The van der Waals surface area contributed by atoms with Crippen molar-refractivity contribution < 1.29 is 19.0 Å². The summed E-state index contributed by atoms with van der Waals surface area (Å²) in [6.45, 7) is 2.74. The number of rotatable bonds is 3. The molecule has 0 unspecified atom stereocenters. The Hall–Kier alpha value is -0.880. The van der Waals surface area contributed by atoms with Crippen LogP contribution < -0.4 is 5.32 Å². The lowest BCUT2D eigenvalue weighted by atomic mass is 10.0. The molecule has 5 nitrogen and oxygen atoms in total. The Kier molecular flexibility index (Phi) is 3.60. The molecule has 0 spiro atoms. The molecule has 6 heteroatoms. The monoisotopic (exact) mass is 232 g/mol. The smallest absolute Gasteiger partial charge is 0.407 e. The van der Waals surface area contributed by atoms with E-state index < -0.39 is 18.4 Å². The van der Waals surface area contributed by atoms with Crippen molar-refractivity contribution in [3.05, 3.63) is 0 Å². The number of nitrogens with one attached hydrogen (secondary N) is 1. The van der Waals surface area contributed by atoms with Crippen LogP contribution in [-0.4, -0.2) is 61.2 Å². The molecular formula is C10H17FN2O3. The fraction of sp³-hybridized carbons (Fsp3) is 0.900. The maximum Gasteiger partial charge on any atom is 0.407 e. The SMILES string of the molecule is O=C(O)N1CC[C@@H](OCC2CNC2)[C@H](F)C1. The molecule has 2 saturated heterocycles. The van der Waals surface area contributed by atoms with Crippen LogP contribution >= 0.6 is 0 Å². The molecule has 0 saturated carbocycles. The van der Waals surface area contributed by atoms with Crippen LogP contribution in [0.4, 0.5) is 9.18 Å². The summed E-state index contributed by atoms with van der Waals surface area (Å²) in [5.74, 6) is 0.490. The lowest BCUT2D eigenvalue weighted by Gasteiger charge is -2.35. The van der Waals surface area contributed by atoms with E-state index in [2.05, 4.69) is 5.32 Å². The topological polar surface area (TPSA) is 61.8 Å². The van der Waals surface area contributed by atoms with Gasteiger partial charge in [0.15, 0.2) is 0 Å². The number of alkyl halides is 1. The molecule has 2 aliphatic heterocycles. The van der Waals surface area contributed by atoms with Gasteiger partial charge in [-0.2, -0.15) is 0 Å². The van der Waals surface area contributed by atoms with Crippen molar-refractivity contribution in [2.45, 2.75) is 18.7 Å². The summed E-state index contributed by atoms with van der Waals surface area (Å²) in [7, 11) is 0. The molecule has 0 aromatic heterocycles. The highest BCUT2D eigenvalue weighted by atomic mass is 19.1. The van der Waals surface area contributed by atoms with Gasteiger partial charge in [0.05, 0.1) is 19.3 Å². The van der Waals surface area contributed by atoms with E-state index in [9.17, 15) is 9.18 Å². The van der Waals surface area contributed by atoms with Crippen LogP contribution in [0.25, 0.3) is 0 Å². The molecule has 0 radical (unpaired) electrons. The maximum atomic E-state index is 13.6. The van der Waals surface area contributed by atoms with E-state index in [1.807, 2.05) is 0 Å². The Morgan fingerprint density at radius 1 is 1.56 bits per heavy atom. The predicted molar refractivity (Wildman–Crippen MR) is 55.2 cm³/mol. The van der Waals surface area contributed by atoms with E-state index in [4.69, 9.17) is 9.84 Å². The molecule has 16 heavy (non-hydrogen) atoms. The highest BCUT2D eigenvalue weighted by Gasteiger charge is 2.32. The first kappa shape index (κ1) is 11.6. The molecule has 0 bridgehead atoms. The van der Waals surface area contributed by atoms with Crippen molar-refractivity contribution in [2.75, 3.05) is 32.8 Å². The Bertz CT molecular complexity index is 260. The molecule has 0 aromatic carbocycles. The summed E-state index contributed by atoms with van der Waals surface area (Å²) in [4.78, 5) is 11.7. The molecule has 2 fully saturated rings. The van der Waals surface area contributed by atoms with Crippen LogP contribution in [0, 0.1) is 5.92 Å². The minimum atomic E-state index is -1.20. The van der Waals surface area contributed by atoms with Gasteiger partial charge in [0.2, 0.25) is 0 Å². The van der Waals surface area contributed by atoms with Crippen LogP contribution in [0.15, 0.2) is 0 Å². The average Bonchev–Trinajstić information content (AvgIpc) is 2.17. The average molecular weight is 232 g/mol. The first-order chi connectivity index (χ1) is 7.66. The van der Waals surface area contributed by atoms with E-state index in [-0.39, 0.29) is 6.54 Å². The summed E-state index contributed by atoms with van der Waals surface area (Å²) >= 11 is 0. The molecule has 0 aliphatic carbocycles. The second kappa shape index (κ2) is 4.97. The third kappa shape index (κ3) is 2.62. The van der Waals surface area contributed by atoms with Crippen molar-refractivity contribution in [1.82, 2.24) is 10.2 Å². The lowest BCUT2D eigenvalue weighted by Crippen LogP contribution is -2.50. The first-order valence-corrected chi connectivity index (χ1v) is 5.61. The Morgan fingerprint density at radius 3 is 2.81 bits per heavy atom. The third-order valence-corrected chi connectivity index (χ3v) is 3.16. The van der Waals surface area contributed by atoms with E-state index in [0.29, 0.717) is 25.5 Å². The van der Waals surface area contributed by atoms with E-state index in [1.54, 1.807) is 0 Å². The van der Waals surface area contributed by atoms with Crippen molar-refractivity contribution >= 4 is 6.09 Å². The van der Waals surface area contributed by atoms with Crippen molar-refractivity contribution in [1.29, 1.82) is 0 Å². The fourth-order valence-corrected chi connectivity index (χ4v) is 1.97. The molecule has 0 aromatic rings. The molecule has 2 heterocycles. The standard InChI is InChI=1S/C10H17FN2O3/c11-8-5-13(10(14)15)2-1-9(8)16-6-7-3-12-4-7/h7-9,12H,1-6H2,(H,14,15)/t8-,9-/m1/s1. The molecule has 2 N–H and O–H groups in total. The number of likely N-dealkylation sites (tertiary alicyclic amines) is 1. The van der Waals surface area contributed by atoms with Gasteiger partial charge in [-0.1, -0.05) is 0 Å². The van der Waals surface area contributed by atoms with Gasteiger partial charge in [-0.25, -0.2) is 9.18 Å². The van der Waals surface area contributed by atoms with Gasteiger partial charge >= 0.3 is 6.09 Å². The van der Waals surface area contributed by atoms with Crippen molar-refractivity contribution in [3.63, 3.8) is 0 Å². The summed E-state index contributed by atoms with van der Waals surface area (Å²) in [6, 6.07) is 0. The predicted octanol–water partition coefficient (Wildman–Crippen LogP) is 0.313. The normalized spacial score (nSPS) is 31.2. The summed E-state index contributed by atoms with van der Waals surface area (Å²) < 4.78 is 19.1. The minimum Gasteiger partial charge on any atom is -0.465 e. The number of amides is 1. The van der Waals surface area contributed by atoms with Crippen LogP contribution in [-0.2, 0) is 4.74 Å². The number of halogens is 1. The van der Waals surface area contributed by atoms with Gasteiger partial charge in [-0.05, 0) is 6.42 Å². The number of piperidine rings is 1. The van der Waals surface area contributed by atoms with Gasteiger partial charge < -0.3 is 20.1 Å². The van der Waals surface area contributed by atoms with Gasteiger partial charge in [0, 0.05) is 25.6 Å². The highest BCUT2D eigenvalue weighted by Crippen LogP contribution is 2.18. The fourth-order valence-electron chi connectivity index (χ4n) is 1.97. The molecule has 92 valence electrons. The third-order valence-electron chi connectivity index (χ3n) is 3.16. The largest absolute Gasteiger partial charge is 0.465 e. The van der Waals surface area contributed by atoms with E-state index >= 15 is 0 Å². The van der Waals surface area contributed by atoms with Crippen molar-refractivity contribution in [2.24, 2.45) is 5.92 Å². The second-order valence-corrected chi connectivity index (χ2v) is 4.43. The van der Waals surface area contributed by atoms with Crippen LogP contribution in [0.3, 0.4) is 0 Å². The van der Waals surface area contributed by atoms with Crippen LogP contribution in [0.5, 0.6) is 0 Å². The summed E-state index contributed by atoms with van der Waals surface area (Å²) in [5, 5.41) is 11.8. The van der Waals surface area contributed by atoms with Gasteiger partial charge in [-0.15, -0.1) is 0 Å². The highest BCUT2D eigenvalue weighted by molar-refractivity contribution is 5.65. The van der Waals surface area contributed by atoms with Gasteiger partial charge in [-0.3, -0.25) is 0 Å². The number of hydrogen-bond acceptors (Lipinski definition) is 3. The molecule has 2 rings (SSSR count). The molecular weight excluding hydrogens is 215 g/mol. The zero-order chi connectivity index (χ0) is 11.5.